The van der Waals surface area contributed by atoms with Crippen LogP contribution in [0.5, 0.6) is 0 Å². The predicted molar refractivity (Wildman–Crippen MR) is 67.8 cm³/mol. The number of nitrogens with two attached hydrogens (primary N) is 1. The van der Waals surface area contributed by atoms with Crippen molar-refractivity contribution in [1.29, 1.82) is 0 Å². The van der Waals surface area contributed by atoms with Crippen LogP contribution in [0.4, 0.5) is 0 Å². The third-order valence-electron chi connectivity index (χ3n) is 3.10. The molecule has 0 saturated carbocycles. The lowest BCUT2D eigenvalue weighted by atomic mass is 9.79. The predicted octanol–water partition coefficient (Wildman–Crippen LogP) is 3.82. The number of halogens is 1. The molecule has 0 aromatic carbocycles. The van der Waals surface area contributed by atoms with Crippen LogP contribution >= 0.6 is 27.3 Å². The largest absolute Gasteiger partial charge is 0.330 e. The van der Waals surface area contributed by atoms with E-state index in [1.165, 1.54) is 9.35 Å². The number of thiophene rings is 1. The van der Waals surface area contributed by atoms with Crippen LogP contribution in [0.1, 0.15) is 31.6 Å². The highest BCUT2D eigenvalue weighted by molar-refractivity contribution is 9.10. The van der Waals surface area contributed by atoms with Crippen LogP contribution in [0.2, 0.25) is 0 Å². The van der Waals surface area contributed by atoms with Gasteiger partial charge in [0.15, 0.2) is 0 Å². The first-order valence-corrected chi connectivity index (χ1v) is 6.76. The number of hydrogen-bond acceptors (Lipinski definition) is 2. The maximum absolute atomic E-state index is 5.88. The lowest BCUT2D eigenvalue weighted by molar-refractivity contribution is 0.273. The number of hydrogen-bond donors (Lipinski definition) is 1. The zero-order valence-electron chi connectivity index (χ0n) is 8.85. The van der Waals surface area contributed by atoms with Gasteiger partial charge in [-0.15, -0.1) is 11.3 Å². The SMILES string of the molecule is CCC(CC)(CN)Cc1cc(Br)cs1. The summed E-state index contributed by atoms with van der Waals surface area (Å²) in [6.45, 7) is 5.26. The Bertz CT molecular complexity index is 270. The van der Waals surface area contributed by atoms with Gasteiger partial charge in [-0.3, -0.25) is 0 Å². The quantitative estimate of drug-likeness (QED) is 0.869. The maximum atomic E-state index is 5.88. The Morgan fingerprint density at radius 3 is 2.43 bits per heavy atom. The Morgan fingerprint density at radius 1 is 1.43 bits per heavy atom. The second-order valence-corrected chi connectivity index (χ2v) is 5.73. The molecule has 0 radical (unpaired) electrons. The van der Waals surface area contributed by atoms with Crippen molar-refractivity contribution >= 4 is 27.3 Å². The van der Waals surface area contributed by atoms with E-state index in [2.05, 4.69) is 41.2 Å². The fourth-order valence-corrected chi connectivity index (χ4v) is 3.30. The minimum atomic E-state index is 0.310. The Labute approximate surface area is 98.8 Å². The zero-order chi connectivity index (χ0) is 10.6. The molecule has 0 spiro atoms. The summed E-state index contributed by atoms with van der Waals surface area (Å²) < 4.78 is 1.19. The summed E-state index contributed by atoms with van der Waals surface area (Å²) in [5, 5.41) is 2.14. The van der Waals surface area contributed by atoms with Gasteiger partial charge in [-0.1, -0.05) is 13.8 Å². The smallest absolute Gasteiger partial charge is 0.0285 e. The molecular weight excluding hydrogens is 258 g/mol. The van der Waals surface area contributed by atoms with Gasteiger partial charge in [0.05, 0.1) is 0 Å². The molecule has 0 aliphatic carbocycles. The molecule has 0 bridgehead atoms. The molecule has 1 rings (SSSR count). The maximum Gasteiger partial charge on any atom is 0.0285 e. The average Bonchev–Trinajstić information content (AvgIpc) is 2.61. The molecule has 0 unspecified atom stereocenters. The first-order valence-electron chi connectivity index (χ1n) is 5.09. The van der Waals surface area contributed by atoms with Crippen LogP contribution < -0.4 is 5.73 Å². The second kappa shape index (κ2) is 5.29. The highest BCUT2D eigenvalue weighted by atomic mass is 79.9. The second-order valence-electron chi connectivity index (χ2n) is 3.82. The molecule has 80 valence electrons. The van der Waals surface area contributed by atoms with Crippen molar-refractivity contribution in [1.82, 2.24) is 0 Å². The topological polar surface area (TPSA) is 26.0 Å². The summed E-state index contributed by atoms with van der Waals surface area (Å²) >= 11 is 5.30. The highest BCUT2D eigenvalue weighted by Gasteiger charge is 2.25. The molecule has 0 fully saturated rings. The van der Waals surface area contributed by atoms with Crippen molar-refractivity contribution in [2.24, 2.45) is 11.1 Å². The van der Waals surface area contributed by atoms with E-state index in [4.69, 9.17) is 5.73 Å². The van der Waals surface area contributed by atoms with Gasteiger partial charge < -0.3 is 5.73 Å². The molecule has 2 N–H and O–H groups in total. The van der Waals surface area contributed by atoms with Crippen LogP contribution in [0.3, 0.4) is 0 Å². The summed E-state index contributed by atoms with van der Waals surface area (Å²) in [5.41, 5.74) is 6.19. The average molecular weight is 276 g/mol. The van der Waals surface area contributed by atoms with Crippen LogP contribution in [-0.2, 0) is 6.42 Å². The van der Waals surface area contributed by atoms with Gasteiger partial charge in [-0.25, -0.2) is 0 Å². The molecule has 1 aromatic heterocycles. The summed E-state index contributed by atoms with van der Waals surface area (Å²) in [4.78, 5) is 1.44. The van der Waals surface area contributed by atoms with E-state index in [1.54, 1.807) is 0 Å². The van der Waals surface area contributed by atoms with E-state index >= 15 is 0 Å². The Hall–Kier alpha value is 0.140. The van der Waals surface area contributed by atoms with Crippen LogP contribution in [0.15, 0.2) is 15.9 Å². The van der Waals surface area contributed by atoms with Crippen molar-refractivity contribution in [3.8, 4) is 0 Å². The normalized spacial score (nSPS) is 12.0. The molecule has 14 heavy (non-hydrogen) atoms. The van der Waals surface area contributed by atoms with E-state index in [9.17, 15) is 0 Å². The van der Waals surface area contributed by atoms with Gasteiger partial charge in [0, 0.05) is 14.7 Å². The van der Waals surface area contributed by atoms with E-state index in [-0.39, 0.29) is 0 Å². The monoisotopic (exact) mass is 275 g/mol. The molecule has 0 aliphatic heterocycles. The standard InChI is InChI=1S/C11H18BrNS/c1-3-11(4-2,8-13)6-10-5-9(12)7-14-10/h5,7H,3-4,6,8,13H2,1-2H3. The van der Waals surface area contributed by atoms with E-state index in [0.29, 0.717) is 5.41 Å². The molecule has 0 aliphatic rings. The van der Waals surface area contributed by atoms with Gasteiger partial charge in [-0.2, -0.15) is 0 Å². The Balaban J connectivity index is 2.73. The summed E-state index contributed by atoms with van der Waals surface area (Å²) in [5.74, 6) is 0. The van der Waals surface area contributed by atoms with Gasteiger partial charge in [-0.05, 0) is 53.2 Å². The van der Waals surface area contributed by atoms with Crippen LogP contribution in [0, 0.1) is 5.41 Å². The minimum absolute atomic E-state index is 0.310. The van der Waals surface area contributed by atoms with Gasteiger partial charge in [0.25, 0.3) is 0 Å². The van der Waals surface area contributed by atoms with Gasteiger partial charge in [0.2, 0.25) is 0 Å². The lowest BCUT2D eigenvalue weighted by Crippen LogP contribution is -2.31. The molecule has 0 amide bonds. The molecule has 1 nitrogen and oxygen atoms in total. The van der Waals surface area contributed by atoms with E-state index in [0.717, 1.165) is 25.8 Å². The molecule has 1 heterocycles. The third kappa shape index (κ3) is 2.81. The van der Waals surface area contributed by atoms with E-state index in [1.807, 2.05) is 11.3 Å². The fourth-order valence-electron chi connectivity index (χ4n) is 1.68. The van der Waals surface area contributed by atoms with E-state index < -0.39 is 0 Å². The summed E-state index contributed by atoms with van der Waals surface area (Å²) in [6, 6.07) is 2.21. The first kappa shape index (κ1) is 12.2. The molecule has 3 heteroatoms. The summed E-state index contributed by atoms with van der Waals surface area (Å²) in [7, 11) is 0. The molecule has 0 atom stereocenters. The van der Waals surface area contributed by atoms with Gasteiger partial charge in [0.1, 0.15) is 0 Å². The Kier molecular flexibility index (Phi) is 4.61. The van der Waals surface area contributed by atoms with Crippen LogP contribution in [0.25, 0.3) is 0 Å². The lowest BCUT2D eigenvalue weighted by Gasteiger charge is -2.29. The minimum Gasteiger partial charge on any atom is -0.330 e. The molecular formula is C11H18BrNS. The van der Waals surface area contributed by atoms with Crippen molar-refractivity contribution in [2.45, 2.75) is 33.1 Å². The summed E-state index contributed by atoms with van der Waals surface area (Å²) in [6.07, 6.45) is 3.44. The van der Waals surface area contributed by atoms with Gasteiger partial charge >= 0.3 is 0 Å². The first-order chi connectivity index (χ1) is 6.65. The molecule has 0 saturated heterocycles. The van der Waals surface area contributed by atoms with Crippen molar-refractivity contribution in [2.75, 3.05) is 6.54 Å². The fraction of sp³-hybridized carbons (Fsp3) is 0.636. The molecule has 1 aromatic rings. The van der Waals surface area contributed by atoms with Crippen LogP contribution in [-0.4, -0.2) is 6.54 Å². The third-order valence-corrected chi connectivity index (χ3v) is 4.80. The Morgan fingerprint density at radius 2 is 2.07 bits per heavy atom. The zero-order valence-corrected chi connectivity index (χ0v) is 11.2. The van der Waals surface area contributed by atoms with Crippen molar-refractivity contribution in [3.63, 3.8) is 0 Å². The van der Waals surface area contributed by atoms with Crippen molar-refractivity contribution in [3.05, 3.63) is 20.8 Å². The number of rotatable bonds is 5. The van der Waals surface area contributed by atoms with Crippen molar-refractivity contribution < 1.29 is 0 Å². The highest BCUT2D eigenvalue weighted by Crippen LogP contribution is 2.32.